The van der Waals surface area contributed by atoms with E-state index in [4.69, 9.17) is 23.7 Å². The molecule has 5 atom stereocenters. The number of carbonyl (C=O) groups excluding carboxylic acids is 5. The summed E-state index contributed by atoms with van der Waals surface area (Å²) in [6.07, 6.45) is 75.8. The fraction of sp³-hybridized carbons (Fsp3) is 0.949. The number of rotatable bonds is 89. The molecule has 0 N–H and O–H groups in total. The normalized spacial score (nSPS) is 13.2. The molecule has 0 aromatic heterocycles. The van der Waals surface area contributed by atoms with Gasteiger partial charge in [0, 0.05) is 32.1 Å². The van der Waals surface area contributed by atoms with E-state index in [0.717, 1.165) is 167 Å². The van der Waals surface area contributed by atoms with Crippen LogP contribution in [0.3, 0.4) is 0 Å². The van der Waals surface area contributed by atoms with Crippen LogP contribution in [0.15, 0.2) is 0 Å². The summed E-state index contributed by atoms with van der Waals surface area (Å²) in [7, 11) is 2.10. The van der Waals surface area contributed by atoms with Crippen LogP contribution < -0.4 is 0 Å². The Morgan fingerprint density at radius 1 is 0.225 bits per heavy atom. The first-order valence-electron chi connectivity index (χ1n) is 49.5. The number of carbonyl (C=O) groups is 5. The highest BCUT2D eigenvalue weighted by Crippen LogP contribution is 2.33. The molecule has 0 aliphatic rings. The predicted octanol–water partition coefficient (Wildman–Crippen LogP) is 29.3. The number of hydrogen-bond donors (Lipinski definition) is 0. The summed E-state index contributed by atoms with van der Waals surface area (Å²) in [5.74, 6) is 4.03. The molecule has 0 heterocycles. The summed E-state index contributed by atoms with van der Waals surface area (Å²) >= 11 is 0. The third-order valence-electron chi connectivity index (χ3n) is 24.9. The smallest absolute Gasteiger partial charge is 0.306 e. The average Bonchev–Trinajstić information content (AvgIpc) is 0.931. The maximum absolute atomic E-state index is 13.0. The minimum absolute atomic E-state index is 0.00234. The Balaban J connectivity index is 4.61. The van der Waals surface area contributed by atoms with Crippen LogP contribution in [-0.4, -0.2) is 112 Å². The molecule has 0 radical (unpaired) electrons. The van der Waals surface area contributed by atoms with E-state index in [2.05, 4.69) is 86.1 Å². The van der Waals surface area contributed by atoms with Crippen molar-refractivity contribution in [3.8, 4) is 0 Å². The molecule has 0 fully saturated rings. The third-order valence-corrected chi connectivity index (χ3v) is 24.9. The minimum atomic E-state index is -0.0458. The van der Waals surface area contributed by atoms with Crippen molar-refractivity contribution in [1.29, 1.82) is 0 Å². The first-order chi connectivity index (χ1) is 54.2. The topological polar surface area (TPSA) is 138 Å². The molecule has 0 aromatic rings. The van der Waals surface area contributed by atoms with Gasteiger partial charge in [0.15, 0.2) is 0 Å². The standard InChI is InChI=1S/C99H192N2O10/c1-12-22-60-89(61-23-13-2)78-84-107-95(102)72-52-44-36-28-32-40-48-65-88(77-83-101(20-9)21-10)66-49-41-33-29-37-45-53-74-97(104)109-86-80-91(64-26-16-5)67-56-57-69-92(59-18-7)93(68-27-17-6)81-87-110-98(105)75-55-47-39-31-35-43-51-71-94(111-99(106)76-58-82-100(11)19-8)70-50-42-34-30-38-46-54-73-96(103)108-85-79-90(62-24-14-3)63-25-15-4/h88-94H,12-87H2,1-11H3. The lowest BCUT2D eigenvalue weighted by Crippen LogP contribution is -2.25. The molecule has 0 aliphatic carbocycles. The summed E-state index contributed by atoms with van der Waals surface area (Å²) in [4.78, 5) is 68.5. The van der Waals surface area contributed by atoms with Gasteiger partial charge in [0.25, 0.3) is 0 Å². The molecule has 0 aliphatic heterocycles. The van der Waals surface area contributed by atoms with Crippen molar-refractivity contribution in [2.75, 3.05) is 66.2 Å². The Morgan fingerprint density at radius 2 is 0.486 bits per heavy atom. The van der Waals surface area contributed by atoms with Crippen molar-refractivity contribution in [2.45, 2.75) is 506 Å². The van der Waals surface area contributed by atoms with E-state index < -0.39 is 0 Å². The Labute approximate surface area is 690 Å². The minimum Gasteiger partial charge on any atom is -0.466 e. The van der Waals surface area contributed by atoms with Gasteiger partial charge in [-0.2, -0.15) is 0 Å². The first kappa shape index (κ1) is 108. The van der Waals surface area contributed by atoms with Crippen LogP contribution in [0.1, 0.15) is 499 Å². The average molecular weight is 1570 g/mol. The molecule has 0 amide bonds. The highest BCUT2D eigenvalue weighted by atomic mass is 16.6. The number of nitrogens with zero attached hydrogens (tertiary/aromatic N) is 2. The largest absolute Gasteiger partial charge is 0.466 e. The second-order valence-corrected chi connectivity index (χ2v) is 34.9. The second kappa shape index (κ2) is 83.8. The summed E-state index contributed by atoms with van der Waals surface area (Å²) in [5.41, 5.74) is 0. The highest BCUT2D eigenvalue weighted by molar-refractivity contribution is 5.70. The van der Waals surface area contributed by atoms with Crippen molar-refractivity contribution in [1.82, 2.24) is 9.80 Å². The lowest BCUT2D eigenvalue weighted by atomic mass is 9.79. The molecule has 0 aromatic carbocycles. The molecule has 0 spiro atoms. The summed E-state index contributed by atoms with van der Waals surface area (Å²) in [5, 5.41) is 0. The van der Waals surface area contributed by atoms with E-state index in [-0.39, 0.29) is 36.0 Å². The van der Waals surface area contributed by atoms with Gasteiger partial charge in [-0.25, -0.2) is 0 Å². The highest BCUT2D eigenvalue weighted by Gasteiger charge is 2.23. The molecule has 0 saturated carbocycles. The molecule has 0 bridgehead atoms. The first-order valence-corrected chi connectivity index (χ1v) is 49.5. The summed E-state index contributed by atoms with van der Waals surface area (Å²) in [6.45, 7) is 30.4. The van der Waals surface area contributed by atoms with Crippen molar-refractivity contribution in [2.24, 2.45) is 35.5 Å². The number of unbranched alkanes of at least 4 members (excludes halogenated alkanes) is 31. The van der Waals surface area contributed by atoms with Crippen LogP contribution in [0.4, 0.5) is 0 Å². The van der Waals surface area contributed by atoms with Crippen molar-refractivity contribution >= 4 is 29.8 Å². The molecule has 12 nitrogen and oxygen atoms in total. The van der Waals surface area contributed by atoms with Crippen LogP contribution in [0.5, 0.6) is 0 Å². The van der Waals surface area contributed by atoms with Gasteiger partial charge in [0.05, 0.1) is 26.4 Å². The lowest BCUT2D eigenvalue weighted by Gasteiger charge is -2.27. The molecule has 111 heavy (non-hydrogen) atoms. The van der Waals surface area contributed by atoms with Gasteiger partial charge in [-0.3, -0.25) is 24.0 Å². The molecule has 0 rings (SSSR count). The van der Waals surface area contributed by atoms with Crippen molar-refractivity contribution in [3.63, 3.8) is 0 Å². The fourth-order valence-corrected chi connectivity index (χ4v) is 17.0. The molecule has 658 valence electrons. The molecule has 0 saturated heterocycles. The summed E-state index contributed by atoms with van der Waals surface area (Å²) in [6, 6.07) is 0. The van der Waals surface area contributed by atoms with Crippen LogP contribution in [0.25, 0.3) is 0 Å². The maximum atomic E-state index is 13.0. The zero-order valence-corrected chi connectivity index (χ0v) is 76.3. The number of hydrogen-bond acceptors (Lipinski definition) is 12. The lowest BCUT2D eigenvalue weighted by molar-refractivity contribution is -0.150. The van der Waals surface area contributed by atoms with Gasteiger partial charge in [0.2, 0.25) is 0 Å². The Morgan fingerprint density at radius 3 is 0.820 bits per heavy atom. The monoisotopic (exact) mass is 1570 g/mol. The SMILES string of the molecule is CCCCC(CCCC)CCOC(=O)CCCCCCCCCC(CCCCCCCCCC(=O)OCCC(CCCC)CCCCC(CCC)C(CCCC)CCOC(=O)CCCCCCCCCC(CCCCCCCCCC(=O)OCCC(CCCC)CCCC)OC(=O)CCCN(C)CC)CCN(CC)CC. The van der Waals surface area contributed by atoms with Gasteiger partial charge in [-0.05, 0) is 165 Å². The van der Waals surface area contributed by atoms with Crippen LogP contribution in [-0.2, 0) is 47.7 Å². The Kier molecular flexibility index (Phi) is 81.7. The zero-order valence-electron chi connectivity index (χ0n) is 76.3. The predicted molar refractivity (Wildman–Crippen MR) is 475 cm³/mol. The number of ether oxygens (including phenoxy) is 5. The van der Waals surface area contributed by atoms with Gasteiger partial charge < -0.3 is 33.5 Å². The quantitative estimate of drug-likeness (QED) is 0.0325. The van der Waals surface area contributed by atoms with Gasteiger partial charge in [-0.1, -0.05) is 377 Å². The summed E-state index contributed by atoms with van der Waals surface area (Å²) < 4.78 is 29.2. The van der Waals surface area contributed by atoms with E-state index in [0.29, 0.717) is 88.1 Å². The zero-order chi connectivity index (χ0) is 81.4. The van der Waals surface area contributed by atoms with E-state index in [9.17, 15) is 24.0 Å². The van der Waals surface area contributed by atoms with Crippen molar-refractivity contribution in [3.05, 3.63) is 0 Å². The van der Waals surface area contributed by atoms with E-state index in [1.165, 1.54) is 270 Å². The van der Waals surface area contributed by atoms with E-state index in [1.807, 2.05) is 0 Å². The third kappa shape index (κ3) is 72.2. The van der Waals surface area contributed by atoms with E-state index >= 15 is 0 Å². The van der Waals surface area contributed by atoms with Crippen LogP contribution >= 0.6 is 0 Å². The molecule has 12 heteroatoms. The fourth-order valence-electron chi connectivity index (χ4n) is 17.0. The molecular weight excluding hydrogens is 1380 g/mol. The van der Waals surface area contributed by atoms with Crippen molar-refractivity contribution < 1.29 is 47.7 Å². The van der Waals surface area contributed by atoms with Crippen LogP contribution in [0.2, 0.25) is 0 Å². The van der Waals surface area contributed by atoms with Crippen LogP contribution in [0, 0.1) is 35.5 Å². The maximum Gasteiger partial charge on any atom is 0.306 e. The van der Waals surface area contributed by atoms with E-state index in [1.54, 1.807) is 0 Å². The Bertz CT molecular complexity index is 1980. The molecular formula is C99H192N2O10. The number of esters is 5. The van der Waals surface area contributed by atoms with Gasteiger partial charge >= 0.3 is 29.8 Å². The van der Waals surface area contributed by atoms with Gasteiger partial charge in [-0.15, -0.1) is 0 Å². The Hall–Kier alpha value is -2.73. The second-order valence-electron chi connectivity index (χ2n) is 34.9. The van der Waals surface area contributed by atoms with Gasteiger partial charge in [0.1, 0.15) is 6.10 Å². The molecule has 5 unspecified atom stereocenters.